The van der Waals surface area contributed by atoms with Crippen LogP contribution >= 0.6 is 35.3 Å². The Bertz CT molecular complexity index is 857. The number of guanidine groups is 1. The third kappa shape index (κ3) is 5.28. The third-order valence-corrected chi connectivity index (χ3v) is 4.71. The standard InChI is InChI=1S/C18H21N5OS.HI/c1-12-4-6-14(7-5-12)17-23-15(10-24-17)8-20-18(19-3)21-9-16-13(2)22-11-25-16;/h4-7,10-11H,8-9H2,1-3H3,(H2,19,20,21);1H. The lowest BCUT2D eigenvalue weighted by Crippen LogP contribution is -2.36. The molecule has 0 unspecified atom stereocenters. The summed E-state index contributed by atoms with van der Waals surface area (Å²) in [6.45, 7) is 5.30. The minimum atomic E-state index is 0. The molecule has 0 spiro atoms. The Morgan fingerprint density at radius 2 is 1.88 bits per heavy atom. The van der Waals surface area contributed by atoms with E-state index in [1.54, 1.807) is 24.6 Å². The molecular weight excluding hydrogens is 461 g/mol. The maximum atomic E-state index is 5.57. The molecule has 3 rings (SSSR count). The minimum Gasteiger partial charge on any atom is -0.444 e. The van der Waals surface area contributed by atoms with Crippen LogP contribution in [0.25, 0.3) is 11.5 Å². The average Bonchev–Trinajstić information content (AvgIpc) is 3.25. The maximum Gasteiger partial charge on any atom is 0.226 e. The summed E-state index contributed by atoms with van der Waals surface area (Å²) < 4.78 is 5.57. The van der Waals surface area contributed by atoms with Crippen molar-refractivity contribution < 1.29 is 4.42 Å². The van der Waals surface area contributed by atoms with Crippen molar-refractivity contribution in [2.45, 2.75) is 26.9 Å². The highest BCUT2D eigenvalue weighted by Crippen LogP contribution is 2.19. The van der Waals surface area contributed by atoms with E-state index in [4.69, 9.17) is 4.42 Å². The van der Waals surface area contributed by atoms with Gasteiger partial charge in [0.1, 0.15) is 6.26 Å². The SMILES string of the molecule is CN=C(NCc1coc(-c2ccc(C)cc2)n1)NCc1scnc1C.I. The topological polar surface area (TPSA) is 75.3 Å². The summed E-state index contributed by atoms with van der Waals surface area (Å²) in [6, 6.07) is 8.11. The molecular formula is C18H22IN5OS. The van der Waals surface area contributed by atoms with Crippen LogP contribution in [-0.4, -0.2) is 23.0 Å². The van der Waals surface area contributed by atoms with E-state index in [9.17, 15) is 0 Å². The molecule has 1 aromatic carbocycles. The van der Waals surface area contributed by atoms with E-state index in [2.05, 4.69) is 32.5 Å². The number of thiazole rings is 1. The molecule has 0 amide bonds. The lowest BCUT2D eigenvalue weighted by molar-refractivity contribution is 0.572. The van der Waals surface area contributed by atoms with Crippen LogP contribution in [0.3, 0.4) is 0 Å². The van der Waals surface area contributed by atoms with Crippen molar-refractivity contribution in [1.82, 2.24) is 20.6 Å². The molecule has 138 valence electrons. The van der Waals surface area contributed by atoms with Gasteiger partial charge in [-0.25, -0.2) is 9.97 Å². The molecule has 0 saturated carbocycles. The molecule has 6 nitrogen and oxygen atoms in total. The van der Waals surface area contributed by atoms with Gasteiger partial charge in [-0.1, -0.05) is 17.7 Å². The Hall–Kier alpha value is -1.94. The Labute approximate surface area is 174 Å². The van der Waals surface area contributed by atoms with Gasteiger partial charge in [0.25, 0.3) is 0 Å². The molecule has 26 heavy (non-hydrogen) atoms. The summed E-state index contributed by atoms with van der Waals surface area (Å²) in [5.41, 5.74) is 5.91. The zero-order valence-electron chi connectivity index (χ0n) is 14.9. The Balaban J connectivity index is 0.00000243. The summed E-state index contributed by atoms with van der Waals surface area (Å²) in [4.78, 5) is 14.2. The first-order valence-electron chi connectivity index (χ1n) is 8.00. The largest absolute Gasteiger partial charge is 0.444 e. The molecule has 0 saturated heterocycles. The number of aliphatic imine (C=N–C) groups is 1. The fourth-order valence-electron chi connectivity index (χ4n) is 2.27. The molecule has 2 N–H and O–H groups in total. The molecule has 3 aromatic rings. The van der Waals surface area contributed by atoms with E-state index in [0.29, 0.717) is 24.9 Å². The van der Waals surface area contributed by atoms with Crippen LogP contribution in [0.5, 0.6) is 0 Å². The van der Waals surface area contributed by atoms with Crippen molar-refractivity contribution in [3.05, 3.63) is 57.9 Å². The molecule has 0 aliphatic rings. The van der Waals surface area contributed by atoms with Crippen LogP contribution < -0.4 is 10.6 Å². The molecule has 0 bridgehead atoms. The van der Waals surface area contributed by atoms with E-state index in [0.717, 1.165) is 17.0 Å². The number of aromatic nitrogens is 2. The van der Waals surface area contributed by atoms with Gasteiger partial charge in [-0.2, -0.15) is 0 Å². The van der Waals surface area contributed by atoms with Crippen LogP contribution in [0.15, 0.2) is 45.4 Å². The summed E-state index contributed by atoms with van der Waals surface area (Å²) >= 11 is 1.63. The molecule has 2 aromatic heterocycles. The van der Waals surface area contributed by atoms with Crippen molar-refractivity contribution in [3.8, 4) is 11.5 Å². The Morgan fingerprint density at radius 3 is 2.54 bits per heavy atom. The summed E-state index contributed by atoms with van der Waals surface area (Å²) in [6.07, 6.45) is 1.67. The van der Waals surface area contributed by atoms with Crippen LogP contribution in [-0.2, 0) is 13.1 Å². The van der Waals surface area contributed by atoms with E-state index >= 15 is 0 Å². The Kier molecular flexibility index (Phi) is 7.58. The number of nitrogens with one attached hydrogen (secondary N) is 2. The minimum absolute atomic E-state index is 0. The normalized spacial score (nSPS) is 11.1. The molecule has 0 radical (unpaired) electrons. The van der Waals surface area contributed by atoms with E-state index in [-0.39, 0.29) is 24.0 Å². The fourth-order valence-corrected chi connectivity index (χ4v) is 2.99. The first-order chi connectivity index (χ1) is 12.2. The van der Waals surface area contributed by atoms with Crippen LogP contribution in [0.4, 0.5) is 0 Å². The number of benzene rings is 1. The van der Waals surface area contributed by atoms with Gasteiger partial charge in [0.05, 0.1) is 30.0 Å². The van der Waals surface area contributed by atoms with Crippen molar-refractivity contribution in [1.29, 1.82) is 0 Å². The average molecular weight is 483 g/mol. The van der Waals surface area contributed by atoms with Crippen molar-refractivity contribution >= 4 is 41.3 Å². The number of nitrogens with zero attached hydrogens (tertiary/aromatic N) is 3. The van der Waals surface area contributed by atoms with Gasteiger partial charge in [0.2, 0.25) is 5.89 Å². The molecule has 0 aliphatic heterocycles. The molecule has 0 fully saturated rings. The van der Waals surface area contributed by atoms with Crippen molar-refractivity contribution in [2.75, 3.05) is 7.05 Å². The number of aryl methyl sites for hydroxylation is 2. The fraction of sp³-hybridized carbons (Fsp3) is 0.278. The second-order valence-corrected chi connectivity index (χ2v) is 6.59. The molecule has 0 atom stereocenters. The second kappa shape index (κ2) is 9.67. The summed E-state index contributed by atoms with van der Waals surface area (Å²) in [7, 11) is 1.75. The smallest absolute Gasteiger partial charge is 0.226 e. The summed E-state index contributed by atoms with van der Waals surface area (Å²) in [5.74, 6) is 1.34. The van der Waals surface area contributed by atoms with Gasteiger partial charge in [-0.15, -0.1) is 35.3 Å². The molecule has 0 aliphatic carbocycles. The van der Waals surface area contributed by atoms with E-state index in [1.807, 2.05) is 36.7 Å². The predicted octanol–water partition coefficient (Wildman–Crippen LogP) is 3.90. The van der Waals surface area contributed by atoms with E-state index < -0.39 is 0 Å². The van der Waals surface area contributed by atoms with Gasteiger partial charge in [0, 0.05) is 17.5 Å². The Morgan fingerprint density at radius 1 is 1.15 bits per heavy atom. The van der Waals surface area contributed by atoms with Crippen LogP contribution in [0.1, 0.15) is 21.8 Å². The highest BCUT2D eigenvalue weighted by molar-refractivity contribution is 14.0. The zero-order chi connectivity index (χ0) is 17.6. The third-order valence-electron chi connectivity index (χ3n) is 3.77. The highest BCUT2D eigenvalue weighted by Gasteiger charge is 2.08. The number of hydrogen-bond donors (Lipinski definition) is 2. The monoisotopic (exact) mass is 483 g/mol. The number of halogens is 1. The van der Waals surface area contributed by atoms with Gasteiger partial charge in [0.15, 0.2) is 5.96 Å². The van der Waals surface area contributed by atoms with Gasteiger partial charge < -0.3 is 15.1 Å². The first-order valence-corrected chi connectivity index (χ1v) is 8.88. The lowest BCUT2D eigenvalue weighted by atomic mass is 10.1. The van der Waals surface area contributed by atoms with Crippen LogP contribution in [0.2, 0.25) is 0 Å². The maximum absolute atomic E-state index is 5.57. The van der Waals surface area contributed by atoms with E-state index in [1.165, 1.54) is 10.4 Å². The molecule has 2 heterocycles. The number of hydrogen-bond acceptors (Lipinski definition) is 5. The summed E-state index contributed by atoms with van der Waals surface area (Å²) in [5, 5.41) is 6.52. The van der Waals surface area contributed by atoms with Crippen molar-refractivity contribution in [2.24, 2.45) is 4.99 Å². The van der Waals surface area contributed by atoms with Gasteiger partial charge in [-0.05, 0) is 26.0 Å². The number of oxazole rings is 1. The van der Waals surface area contributed by atoms with Crippen LogP contribution in [0, 0.1) is 13.8 Å². The second-order valence-electron chi connectivity index (χ2n) is 5.65. The van der Waals surface area contributed by atoms with Gasteiger partial charge in [-0.3, -0.25) is 4.99 Å². The quantitative estimate of drug-likeness (QED) is 0.327. The van der Waals surface area contributed by atoms with Gasteiger partial charge >= 0.3 is 0 Å². The lowest BCUT2D eigenvalue weighted by Gasteiger charge is -2.10. The zero-order valence-corrected chi connectivity index (χ0v) is 18.1. The number of rotatable bonds is 5. The van der Waals surface area contributed by atoms with Crippen molar-refractivity contribution in [3.63, 3.8) is 0 Å². The predicted molar refractivity (Wildman–Crippen MR) is 116 cm³/mol. The molecule has 8 heteroatoms. The first kappa shape index (κ1) is 20.4. The highest BCUT2D eigenvalue weighted by atomic mass is 127.